The smallest absolute Gasteiger partial charge is 0.405 e. The first kappa shape index (κ1) is 10.2. The molecule has 0 bridgehead atoms. The van der Waals surface area contributed by atoms with Crippen molar-refractivity contribution in [2.45, 2.75) is 12.2 Å². The maximum atomic E-state index is 11.8. The zero-order chi connectivity index (χ0) is 9.90. The lowest BCUT2D eigenvalue weighted by atomic mass is 10.2. The largest absolute Gasteiger partial charge is 0.573 e. The van der Waals surface area contributed by atoms with Crippen LogP contribution in [0.1, 0.15) is 5.56 Å². The lowest BCUT2D eigenvalue weighted by molar-refractivity contribution is -0.274. The zero-order valence-electron chi connectivity index (χ0n) is 6.36. The second-order valence-corrected chi connectivity index (χ2v) is 2.48. The van der Waals surface area contributed by atoms with Crippen molar-refractivity contribution in [3.05, 3.63) is 29.8 Å². The molecule has 13 heavy (non-hydrogen) atoms. The number of ether oxygens (including phenoxy) is 1. The lowest BCUT2D eigenvalue weighted by Gasteiger charge is -2.10. The van der Waals surface area contributed by atoms with E-state index in [1.807, 2.05) is 0 Å². The summed E-state index contributed by atoms with van der Waals surface area (Å²) in [6.45, 7) is 0. The van der Waals surface area contributed by atoms with E-state index < -0.39 is 6.36 Å². The van der Waals surface area contributed by atoms with Gasteiger partial charge < -0.3 is 4.74 Å². The van der Waals surface area contributed by atoms with Crippen LogP contribution >= 0.6 is 11.6 Å². The van der Waals surface area contributed by atoms with Crippen LogP contribution in [0.25, 0.3) is 0 Å². The lowest BCUT2D eigenvalue weighted by Crippen LogP contribution is -2.17. The monoisotopic (exact) mass is 209 g/mol. The van der Waals surface area contributed by atoms with Crippen molar-refractivity contribution < 1.29 is 17.9 Å². The molecule has 0 fully saturated rings. The van der Waals surface area contributed by atoms with Crippen LogP contribution in [0, 0.1) is 6.07 Å². The topological polar surface area (TPSA) is 9.23 Å². The fraction of sp³-hybridized carbons (Fsp3) is 0.250. The van der Waals surface area contributed by atoms with Gasteiger partial charge in [0, 0.05) is 5.56 Å². The second kappa shape index (κ2) is 3.87. The van der Waals surface area contributed by atoms with Crippen molar-refractivity contribution in [3.8, 4) is 5.75 Å². The number of alkyl halides is 4. The number of hydrogen-bond donors (Lipinski definition) is 0. The highest BCUT2D eigenvalue weighted by Gasteiger charge is 2.31. The van der Waals surface area contributed by atoms with Gasteiger partial charge in [-0.2, -0.15) is 0 Å². The molecule has 0 aliphatic rings. The van der Waals surface area contributed by atoms with E-state index in [0.29, 0.717) is 0 Å². The van der Waals surface area contributed by atoms with Gasteiger partial charge in [0.25, 0.3) is 0 Å². The predicted molar refractivity (Wildman–Crippen MR) is 41.5 cm³/mol. The van der Waals surface area contributed by atoms with Crippen molar-refractivity contribution in [1.29, 1.82) is 0 Å². The van der Waals surface area contributed by atoms with Gasteiger partial charge >= 0.3 is 6.36 Å². The van der Waals surface area contributed by atoms with Crippen LogP contribution in [0.5, 0.6) is 5.75 Å². The van der Waals surface area contributed by atoms with E-state index in [0.717, 1.165) is 6.07 Å². The van der Waals surface area contributed by atoms with E-state index in [2.05, 4.69) is 10.8 Å². The van der Waals surface area contributed by atoms with Gasteiger partial charge in [-0.3, -0.25) is 0 Å². The maximum Gasteiger partial charge on any atom is 0.573 e. The summed E-state index contributed by atoms with van der Waals surface area (Å²) in [6, 6.07) is 6.47. The molecule has 1 radical (unpaired) electrons. The molecule has 0 saturated heterocycles. The Morgan fingerprint density at radius 3 is 2.69 bits per heavy atom. The third-order valence-electron chi connectivity index (χ3n) is 1.28. The molecule has 0 heterocycles. The Morgan fingerprint density at radius 2 is 2.15 bits per heavy atom. The molecule has 0 spiro atoms. The Morgan fingerprint density at radius 1 is 1.46 bits per heavy atom. The number of hydrogen-bond acceptors (Lipinski definition) is 1. The summed E-state index contributed by atoms with van der Waals surface area (Å²) in [4.78, 5) is 0. The number of benzene rings is 1. The molecule has 1 aromatic carbocycles. The molecule has 0 amide bonds. The predicted octanol–water partition coefficient (Wildman–Crippen LogP) is 3.12. The average Bonchev–Trinajstić information content (AvgIpc) is 2.02. The van der Waals surface area contributed by atoms with Crippen molar-refractivity contribution in [1.82, 2.24) is 0 Å². The summed E-state index contributed by atoms with van der Waals surface area (Å²) in [5.41, 5.74) is 0.290. The van der Waals surface area contributed by atoms with Crippen LogP contribution in [0.4, 0.5) is 13.2 Å². The molecule has 0 unspecified atom stereocenters. The van der Waals surface area contributed by atoms with E-state index >= 15 is 0 Å². The molecule has 1 nitrogen and oxygen atoms in total. The van der Waals surface area contributed by atoms with Gasteiger partial charge in [0.1, 0.15) is 5.75 Å². The first-order valence-electron chi connectivity index (χ1n) is 3.33. The van der Waals surface area contributed by atoms with Crippen LogP contribution in [-0.2, 0) is 5.88 Å². The Bertz CT molecular complexity index is 285. The Kier molecular flexibility index (Phi) is 3.03. The Labute approximate surface area is 78.1 Å². The molecule has 0 aromatic heterocycles. The summed E-state index contributed by atoms with van der Waals surface area (Å²) in [5, 5.41) is 0. The molecule has 71 valence electrons. The third kappa shape index (κ3) is 3.14. The summed E-state index contributed by atoms with van der Waals surface area (Å²) in [7, 11) is 0. The van der Waals surface area contributed by atoms with Crippen LogP contribution in [0.3, 0.4) is 0 Å². The quantitative estimate of drug-likeness (QED) is 0.680. The Balaban J connectivity index is 2.87. The standard InChI is InChI=1S/C8H5ClF3O/c9-5-6-3-1-2-4-7(6)13-8(10,11)12/h1,3-4H,5H2. The van der Waals surface area contributed by atoms with Gasteiger partial charge in [0.05, 0.1) is 5.88 Å². The molecule has 5 heteroatoms. The molecule has 0 atom stereocenters. The van der Waals surface area contributed by atoms with Crippen LogP contribution in [-0.4, -0.2) is 6.36 Å². The fourth-order valence-electron chi connectivity index (χ4n) is 0.777. The van der Waals surface area contributed by atoms with Crippen molar-refractivity contribution in [2.75, 3.05) is 0 Å². The normalized spacial score (nSPS) is 11.4. The van der Waals surface area contributed by atoms with Gasteiger partial charge in [-0.25, -0.2) is 0 Å². The SMILES string of the molecule is FC(F)(F)Oc1c[c]ccc1CCl. The summed E-state index contributed by atoms with van der Waals surface area (Å²) in [5.74, 6) is -0.329. The average molecular weight is 210 g/mol. The van der Waals surface area contributed by atoms with E-state index in [4.69, 9.17) is 11.6 Å². The van der Waals surface area contributed by atoms with Crippen molar-refractivity contribution in [2.24, 2.45) is 0 Å². The van der Waals surface area contributed by atoms with Gasteiger partial charge in [0.15, 0.2) is 0 Å². The van der Waals surface area contributed by atoms with Crippen molar-refractivity contribution in [3.63, 3.8) is 0 Å². The summed E-state index contributed by atoms with van der Waals surface area (Å²) >= 11 is 5.40. The second-order valence-electron chi connectivity index (χ2n) is 2.22. The molecule has 0 saturated carbocycles. The molecule has 1 rings (SSSR count). The zero-order valence-corrected chi connectivity index (χ0v) is 7.12. The molecule has 0 aliphatic heterocycles. The maximum absolute atomic E-state index is 11.8. The highest BCUT2D eigenvalue weighted by Crippen LogP contribution is 2.26. The fourth-order valence-corrected chi connectivity index (χ4v) is 0.998. The Hall–Kier alpha value is -0.900. The van der Waals surface area contributed by atoms with Crippen LogP contribution in [0.15, 0.2) is 18.2 Å². The first-order chi connectivity index (χ1) is 6.03. The number of halogens is 4. The van der Waals surface area contributed by atoms with Crippen molar-refractivity contribution >= 4 is 11.6 Å². The van der Waals surface area contributed by atoms with E-state index in [1.54, 1.807) is 0 Å². The molecule has 1 aromatic rings. The highest BCUT2D eigenvalue weighted by molar-refractivity contribution is 6.17. The number of rotatable bonds is 2. The summed E-state index contributed by atoms with van der Waals surface area (Å²) in [6.07, 6.45) is -4.68. The highest BCUT2D eigenvalue weighted by atomic mass is 35.5. The minimum atomic E-state index is -4.68. The molecular formula is C8H5ClF3O. The first-order valence-corrected chi connectivity index (χ1v) is 3.87. The minimum absolute atomic E-state index is 0.0277. The molecular weight excluding hydrogens is 205 g/mol. The van der Waals surface area contributed by atoms with Crippen LogP contribution < -0.4 is 4.74 Å². The van der Waals surface area contributed by atoms with E-state index in [1.165, 1.54) is 12.1 Å². The van der Waals surface area contributed by atoms with Gasteiger partial charge in [0.2, 0.25) is 0 Å². The molecule has 0 aliphatic carbocycles. The van der Waals surface area contributed by atoms with E-state index in [-0.39, 0.29) is 17.2 Å². The van der Waals surface area contributed by atoms with Gasteiger partial charge in [-0.15, -0.1) is 24.8 Å². The van der Waals surface area contributed by atoms with Crippen LogP contribution in [0.2, 0.25) is 0 Å². The summed E-state index contributed by atoms with van der Waals surface area (Å²) < 4.78 is 39.0. The molecule has 0 N–H and O–H groups in total. The van der Waals surface area contributed by atoms with Gasteiger partial charge in [-0.1, -0.05) is 12.1 Å². The van der Waals surface area contributed by atoms with E-state index in [9.17, 15) is 13.2 Å². The van der Waals surface area contributed by atoms with Gasteiger partial charge in [-0.05, 0) is 12.1 Å². The third-order valence-corrected chi connectivity index (χ3v) is 1.57. The minimum Gasteiger partial charge on any atom is -0.405 e.